The summed E-state index contributed by atoms with van der Waals surface area (Å²) in [7, 11) is 2.18. The van der Waals surface area contributed by atoms with Gasteiger partial charge in [-0.3, -0.25) is 4.90 Å². The van der Waals surface area contributed by atoms with Crippen molar-refractivity contribution in [3.05, 3.63) is 28.2 Å². The second-order valence-electron chi connectivity index (χ2n) is 5.25. The van der Waals surface area contributed by atoms with Gasteiger partial charge in [0.15, 0.2) is 0 Å². The lowest BCUT2D eigenvalue weighted by Crippen LogP contribution is -2.29. The first-order chi connectivity index (χ1) is 7.90. The van der Waals surface area contributed by atoms with E-state index < -0.39 is 0 Å². The molecule has 2 nitrogen and oxygen atoms in total. The summed E-state index contributed by atoms with van der Waals surface area (Å²) in [5.41, 5.74) is 7.88. The van der Waals surface area contributed by atoms with Gasteiger partial charge in [-0.1, -0.05) is 19.9 Å². The molecular formula is C14H23BrN2. The molecule has 96 valence electrons. The molecule has 0 saturated carbocycles. The van der Waals surface area contributed by atoms with E-state index in [-0.39, 0.29) is 0 Å². The van der Waals surface area contributed by atoms with Crippen LogP contribution in [0.3, 0.4) is 0 Å². The van der Waals surface area contributed by atoms with Crippen molar-refractivity contribution >= 4 is 21.6 Å². The summed E-state index contributed by atoms with van der Waals surface area (Å²) < 4.78 is 0.986. The van der Waals surface area contributed by atoms with Crippen LogP contribution in [0.1, 0.15) is 32.8 Å². The molecule has 1 unspecified atom stereocenters. The molecule has 1 rings (SSSR count). The lowest BCUT2D eigenvalue weighted by molar-refractivity contribution is 0.220. The van der Waals surface area contributed by atoms with E-state index in [0.717, 1.165) is 22.6 Å². The maximum Gasteiger partial charge on any atom is 0.0458 e. The van der Waals surface area contributed by atoms with E-state index in [9.17, 15) is 0 Å². The molecule has 17 heavy (non-hydrogen) atoms. The number of nitrogens with zero attached hydrogens (tertiary/aromatic N) is 1. The molecule has 1 aromatic carbocycles. The van der Waals surface area contributed by atoms with Crippen molar-refractivity contribution in [3.8, 4) is 0 Å². The van der Waals surface area contributed by atoms with Gasteiger partial charge in [0.2, 0.25) is 0 Å². The van der Waals surface area contributed by atoms with Crippen LogP contribution in [0.2, 0.25) is 0 Å². The number of rotatable bonds is 5. The van der Waals surface area contributed by atoms with Crippen molar-refractivity contribution in [1.29, 1.82) is 0 Å². The first kappa shape index (κ1) is 14.5. The van der Waals surface area contributed by atoms with Gasteiger partial charge in [-0.05, 0) is 59.9 Å². The van der Waals surface area contributed by atoms with Crippen LogP contribution in [0.15, 0.2) is 22.7 Å². The molecule has 1 atom stereocenters. The van der Waals surface area contributed by atoms with Crippen molar-refractivity contribution in [2.24, 2.45) is 5.92 Å². The average molecular weight is 299 g/mol. The van der Waals surface area contributed by atoms with Crippen molar-refractivity contribution < 1.29 is 0 Å². The van der Waals surface area contributed by atoms with Crippen LogP contribution in [0.5, 0.6) is 0 Å². The fourth-order valence-electron chi connectivity index (χ4n) is 1.97. The molecule has 0 saturated heterocycles. The maximum atomic E-state index is 5.78. The van der Waals surface area contributed by atoms with Gasteiger partial charge in [-0.15, -0.1) is 0 Å². The quantitative estimate of drug-likeness (QED) is 0.836. The van der Waals surface area contributed by atoms with Crippen LogP contribution < -0.4 is 5.73 Å². The topological polar surface area (TPSA) is 29.3 Å². The van der Waals surface area contributed by atoms with Gasteiger partial charge in [0.1, 0.15) is 0 Å². The van der Waals surface area contributed by atoms with Crippen molar-refractivity contribution in [3.63, 3.8) is 0 Å². The first-order valence-corrected chi connectivity index (χ1v) is 6.93. The van der Waals surface area contributed by atoms with Crippen LogP contribution in [-0.2, 0) is 6.54 Å². The number of anilines is 1. The van der Waals surface area contributed by atoms with Gasteiger partial charge in [-0.25, -0.2) is 0 Å². The summed E-state index contributed by atoms with van der Waals surface area (Å²) in [4.78, 5) is 2.39. The minimum atomic E-state index is 0.603. The molecule has 0 fully saturated rings. The Morgan fingerprint density at radius 3 is 2.47 bits per heavy atom. The minimum absolute atomic E-state index is 0.603. The second kappa shape index (κ2) is 6.41. The standard InChI is InChI=1S/C14H23BrN2/c1-10(2)7-11(3)17(4)9-12-5-6-14(16)13(15)8-12/h5-6,8,10-11H,7,9,16H2,1-4H3. The highest BCUT2D eigenvalue weighted by atomic mass is 79.9. The highest BCUT2D eigenvalue weighted by molar-refractivity contribution is 9.10. The van der Waals surface area contributed by atoms with Gasteiger partial charge in [-0.2, -0.15) is 0 Å². The molecule has 3 heteroatoms. The summed E-state index contributed by atoms with van der Waals surface area (Å²) in [5, 5.41) is 0. The van der Waals surface area contributed by atoms with E-state index in [2.05, 4.69) is 60.8 Å². The number of halogens is 1. The molecular weight excluding hydrogens is 276 g/mol. The smallest absolute Gasteiger partial charge is 0.0458 e. The van der Waals surface area contributed by atoms with E-state index in [1.165, 1.54) is 12.0 Å². The van der Waals surface area contributed by atoms with Crippen LogP contribution >= 0.6 is 15.9 Å². The fraction of sp³-hybridized carbons (Fsp3) is 0.571. The third-order valence-electron chi connectivity index (χ3n) is 3.06. The molecule has 0 aromatic heterocycles. The Bertz CT molecular complexity index is 363. The van der Waals surface area contributed by atoms with Crippen LogP contribution in [-0.4, -0.2) is 18.0 Å². The summed E-state index contributed by atoms with van der Waals surface area (Å²) in [5.74, 6) is 0.741. The van der Waals surface area contributed by atoms with Gasteiger partial charge in [0.25, 0.3) is 0 Å². The van der Waals surface area contributed by atoms with Gasteiger partial charge >= 0.3 is 0 Å². The summed E-state index contributed by atoms with van der Waals surface area (Å²) in [6, 6.07) is 6.76. The number of hydrogen-bond donors (Lipinski definition) is 1. The number of benzene rings is 1. The predicted octanol–water partition coefficient (Wildman–Crippen LogP) is 3.90. The lowest BCUT2D eigenvalue weighted by atomic mass is 10.0. The van der Waals surface area contributed by atoms with Crippen LogP contribution in [0, 0.1) is 5.92 Å². The fourth-order valence-corrected chi connectivity index (χ4v) is 2.40. The Kier molecular flexibility index (Phi) is 5.47. The Morgan fingerprint density at radius 2 is 1.94 bits per heavy atom. The Hall–Kier alpha value is -0.540. The Morgan fingerprint density at radius 1 is 1.29 bits per heavy atom. The molecule has 0 bridgehead atoms. The third kappa shape index (κ3) is 4.68. The Labute approximate surface area is 113 Å². The second-order valence-corrected chi connectivity index (χ2v) is 6.10. The molecule has 0 radical (unpaired) electrons. The van der Waals surface area contributed by atoms with E-state index in [1.54, 1.807) is 0 Å². The summed E-state index contributed by atoms with van der Waals surface area (Å²) >= 11 is 3.47. The molecule has 2 N–H and O–H groups in total. The Balaban J connectivity index is 2.61. The number of nitrogen functional groups attached to an aromatic ring is 1. The highest BCUT2D eigenvalue weighted by Crippen LogP contribution is 2.22. The third-order valence-corrected chi connectivity index (χ3v) is 3.75. The number of nitrogens with two attached hydrogens (primary N) is 1. The predicted molar refractivity (Wildman–Crippen MR) is 78.9 cm³/mol. The zero-order chi connectivity index (χ0) is 13.0. The molecule has 0 amide bonds. The zero-order valence-corrected chi connectivity index (χ0v) is 12.8. The largest absolute Gasteiger partial charge is 0.398 e. The van der Waals surface area contributed by atoms with E-state index in [4.69, 9.17) is 5.73 Å². The molecule has 0 aliphatic carbocycles. The summed E-state index contributed by atoms with van der Waals surface area (Å²) in [6.07, 6.45) is 1.23. The summed E-state index contributed by atoms with van der Waals surface area (Å²) in [6.45, 7) is 7.79. The first-order valence-electron chi connectivity index (χ1n) is 6.14. The van der Waals surface area contributed by atoms with E-state index in [0.29, 0.717) is 6.04 Å². The molecule has 1 aromatic rings. The van der Waals surface area contributed by atoms with Crippen LogP contribution in [0.4, 0.5) is 5.69 Å². The monoisotopic (exact) mass is 298 g/mol. The lowest BCUT2D eigenvalue weighted by Gasteiger charge is -2.26. The van der Waals surface area contributed by atoms with Gasteiger partial charge < -0.3 is 5.73 Å². The van der Waals surface area contributed by atoms with E-state index in [1.807, 2.05) is 6.07 Å². The zero-order valence-electron chi connectivity index (χ0n) is 11.2. The van der Waals surface area contributed by atoms with Crippen molar-refractivity contribution in [2.45, 2.75) is 39.8 Å². The molecule has 0 aliphatic heterocycles. The molecule has 0 spiro atoms. The van der Waals surface area contributed by atoms with E-state index >= 15 is 0 Å². The maximum absolute atomic E-state index is 5.78. The van der Waals surface area contributed by atoms with Gasteiger partial charge in [0.05, 0.1) is 0 Å². The van der Waals surface area contributed by atoms with Gasteiger partial charge in [0, 0.05) is 22.7 Å². The number of hydrogen-bond acceptors (Lipinski definition) is 2. The van der Waals surface area contributed by atoms with Crippen molar-refractivity contribution in [1.82, 2.24) is 4.90 Å². The van der Waals surface area contributed by atoms with Crippen LogP contribution in [0.25, 0.3) is 0 Å². The normalized spacial score (nSPS) is 13.4. The minimum Gasteiger partial charge on any atom is -0.398 e. The average Bonchev–Trinajstić information content (AvgIpc) is 2.22. The SMILES string of the molecule is CC(C)CC(C)N(C)Cc1ccc(N)c(Br)c1. The molecule has 0 heterocycles. The van der Waals surface area contributed by atoms with Crippen molar-refractivity contribution in [2.75, 3.05) is 12.8 Å². The molecule has 0 aliphatic rings. The highest BCUT2D eigenvalue weighted by Gasteiger charge is 2.11.